The summed E-state index contributed by atoms with van der Waals surface area (Å²) in [6.07, 6.45) is 3.54. The Morgan fingerprint density at radius 3 is 2.62 bits per heavy atom. The summed E-state index contributed by atoms with van der Waals surface area (Å²) >= 11 is 0. The minimum Gasteiger partial charge on any atom is -0.382 e. The second kappa shape index (κ2) is 5.28. The highest BCUT2D eigenvalue weighted by Gasteiger charge is 2.04. The summed E-state index contributed by atoms with van der Waals surface area (Å²) in [5.74, 6) is 0. The first-order chi connectivity index (χ1) is 7.86. The lowest BCUT2D eigenvalue weighted by atomic mass is 10.1. The van der Waals surface area contributed by atoms with Crippen LogP contribution in [-0.4, -0.2) is 11.5 Å². The van der Waals surface area contributed by atoms with Crippen molar-refractivity contribution in [1.29, 1.82) is 0 Å². The van der Waals surface area contributed by atoms with Gasteiger partial charge in [0.1, 0.15) is 0 Å². The van der Waals surface area contributed by atoms with Gasteiger partial charge in [-0.25, -0.2) is 0 Å². The minimum absolute atomic E-state index is 0.00130. The van der Waals surface area contributed by atoms with Crippen LogP contribution in [0.3, 0.4) is 0 Å². The molecular weight excluding hydrogens is 198 g/mol. The minimum atomic E-state index is 0.00130. The van der Waals surface area contributed by atoms with Gasteiger partial charge in [0.25, 0.3) is 0 Å². The van der Waals surface area contributed by atoms with Crippen molar-refractivity contribution >= 4 is 5.69 Å². The zero-order valence-corrected chi connectivity index (χ0v) is 9.01. The van der Waals surface area contributed by atoms with E-state index in [2.05, 4.69) is 10.3 Å². The van der Waals surface area contributed by atoms with Crippen LogP contribution >= 0.6 is 0 Å². The Balaban J connectivity index is 1.92. The number of hydrogen-bond donors (Lipinski definition) is 2. The lowest BCUT2D eigenvalue weighted by molar-refractivity contribution is 0.764. The van der Waals surface area contributed by atoms with Crippen LogP contribution in [0.15, 0.2) is 54.9 Å². The van der Waals surface area contributed by atoms with Gasteiger partial charge in [-0.05, 0) is 17.7 Å². The summed E-state index contributed by atoms with van der Waals surface area (Å²) in [7, 11) is 0. The highest BCUT2D eigenvalue weighted by molar-refractivity contribution is 5.40. The summed E-state index contributed by atoms with van der Waals surface area (Å²) < 4.78 is 0. The highest BCUT2D eigenvalue weighted by Crippen LogP contribution is 2.11. The van der Waals surface area contributed by atoms with Crippen LogP contribution in [0.4, 0.5) is 5.69 Å². The molecule has 0 radical (unpaired) electrons. The monoisotopic (exact) mass is 213 g/mol. The molecule has 0 saturated heterocycles. The maximum Gasteiger partial charge on any atom is 0.0527 e. The molecule has 2 aromatic rings. The third kappa shape index (κ3) is 2.81. The van der Waals surface area contributed by atoms with E-state index in [1.54, 1.807) is 12.4 Å². The van der Waals surface area contributed by atoms with Crippen molar-refractivity contribution < 1.29 is 0 Å². The molecular formula is C13H15N3. The average molecular weight is 213 g/mol. The van der Waals surface area contributed by atoms with Gasteiger partial charge in [-0.2, -0.15) is 0 Å². The molecule has 0 unspecified atom stereocenters. The molecule has 1 aromatic carbocycles. The van der Waals surface area contributed by atoms with Gasteiger partial charge in [0.15, 0.2) is 0 Å². The molecule has 0 saturated carbocycles. The van der Waals surface area contributed by atoms with Gasteiger partial charge in [-0.3, -0.25) is 4.98 Å². The predicted octanol–water partition coefficient (Wildman–Crippen LogP) is 2.19. The number of nitrogens with one attached hydrogen (secondary N) is 1. The van der Waals surface area contributed by atoms with Gasteiger partial charge in [0.2, 0.25) is 0 Å². The van der Waals surface area contributed by atoms with Crippen LogP contribution in [0.2, 0.25) is 0 Å². The molecule has 0 spiro atoms. The first kappa shape index (κ1) is 10.6. The number of pyridine rings is 1. The van der Waals surface area contributed by atoms with Crippen molar-refractivity contribution in [3.05, 3.63) is 60.4 Å². The van der Waals surface area contributed by atoms with E-state index in [9.17, 15) is 0 Å². The van der Waals surface area contributed by atoms with Crippen molar-refractivity contribution in [2.75, 3.05) is 11.9 Å². The number of benzene rings is 1. The molecule has 0 bridgehead atoms. The lowest BCUT2D eigenvalue weighted by Gasteiger charge is -2.13. The van der Waals surface area contributed by atoms with E-state index in [1.165, 1.54) is 0 Å². The fraction of sp³-hybridized carbons (Fsp3) is 0.154. The summed E-state index contributed by atoms with van der Waals surface area (Å²) in [5.41, 5.74) is 8.19. The number of hydrogen-bond acceptors (Lipinski definition) is 3. The Hall–Kier alpha value is -1.87. The largest absolute Gasteiger partial charge is 0.382 e. The molecule has 3 N–H and O–H groups in total. The van der Waals surface area contributed by atoms with Crippen molar-refractivity contribution in [3.8, 4) is 0 Å². The molecule has 0 aliphatic rings. The molecule has 16 heavy (non-hydrogen) atoms. The Kier molecular flexibility index (Phi) is 3.51. The molecule has 2 rings (SSSR count). The molecule has 0 aliphatic carbocycles. The summed E-state index contributed by atoms with van der Waals surface area (Å²) in [5, 5.41) is 3.26. The third-order valence-corrected chi connectivity index (χ3v) is 2.42. The van der Waals surface area contributed by atoms with Crippen LogP contribution < -0.4 is 11.1 Å². The topological polar surface area (TPSA) is 50.9 Å². The fourth-order valence-corrected chi connectivity index (χ4v) is 1.51. The van der Waals surface area contributed by atoms with Gasteiger partial charge in [-0.1, -0.05) is 30.3 Å². The second-order valence-electron chi connectivity index (χ2n) is 3.64. The van der Waals surface area contributed by atoms with Gasteiger partial charge in [0.05, 0.1) is 5.69 Å². The smallest absolute Gasteiger partial charge is 0.0527 e. The van der Waals surface area contributed by atoms with E-state index in [0.29, 0.717) is 6.54 Å². The van der Waals surface area contributed by atoms with E-state index in [-0.39, 0.29) is 6.04 Å². The molecule has 3 nitrogen and oxygen atoms in total. The molecule has 0 aliphatic heterocycles. The highest BCUT2D eigenvalue weighted by atomic mass is 14.9. The first-order valence-electron chi connectivity index (χ1n) is 5.30. The number of anilines is 1. The van der Waals surface area contributed by atoms with E-state index in [0.717, 1.165) is 11.3 Å². The number of rotatable bonds is 4. The van der Waals surface area contributed by atoms with Crippen molar-refractivity contribution in [3.63, 3.8) is 0 Å². The van der Waals surface area contributed by atoms with Gasteiger partial charge >= 0.3 is 0 Å². The van der Waals surface area contributed by atoms with Crippen LogP contribution in [0.25, 0.3) is 0 Å². The summed E-state index contributed by atoms with van der Waals surface area (Å²) in [6.45, 7) is 0.704. The Morgan fingerprint density at radius 1 is 1.12 bits per heavy atom. The predicted molar refractivity (Wildman–Crippen MR) is 66.1 cm³/mol. The maximum atomic E-state index is 6.06. The van der Waals surface area contributed by atoms with E-state index in [4.69, 9.17) is 5.73 Å². The first-order valence-corrected chi connectivity index (χ1v) is 5.30. The van der Waals surface area contributed by atoms with Crippen molar-refractivity contribution in [1.82, 2.24) is 4.98 Å². The maximum absolute atomic E-state index is 6.06. The zero-order valence-electron chi connectivity index (χ0n) is 9.01. The second-order valence-corrected chi connectivity index (χ2v) is 3.64. The lowest BCUT2D eigenvalue weighted by Crippen LogP contribution is -2.20. The molecule has 82 valence electrons. The SMILES string of the molecule is N[C@@H](CNc1cccnc1)c1ccccc1. The zero-order chi connectivity index (χ0) is 11.2. The van der Waals surface area contributed by atoms with Crippen LogP contribution in [0.5, 0.6) is 0 Å². The number of nitrogens with two attached hydrogens (primary N) is 1. The van der Waals surface area contributed by atoms with Crippen molar-refractivity contribution in [2.45, 2.75) is 6.04 Å². The van der Waals surface area contributed by atoms with E-state index < -0.39 is 0 Å². The summed E-state index contributed by atoms with van der Waals surface area (Å²) in [6, 6.07) is 13.9. The van der Waals surface area contributed by atoms with Crippen molar-refractivity contribution in [2.24, 2.45) is 5.73 Å². The Labute approximate surface area is 95.3 Å². The standard InChI is InChI=1S/C13H15N3/c14-13(11-5-2-1-3-6-11)10-16-12-7-4-8-15-9-12/h1-9,13,16H,10,14H2/t13-/m0/s1. The molecule has 1 heterocycles. The Morgan fingerprint density at radius 2 is 1.94 bits per heavy atom. The third-order valence-electron chi connectivity index (χ3n) is 2.42. The molecule has 1 aromatic heterocycles. The van der Waals surface area contributed by atoms with Gasteiger partial charge in [-0.15, -0.1) is 0 Å². The molecule has 0 fully saturated rings. The number of nitrogens with zero attached hydrogens (tertiary/aromatic N) is 1. The van der Waals surface area contributed by atoms with Crippen LogP contribution in [0, 0.1) is 0 Å². The van der Waals surface area contributed by atoms with Gasteiger partial charge < -0.3 is 11.1 Å². The fourth-order valence-electron chi connectivity index (χ4n) is 1.51. The van der Waals surface area contributed by atoms with Gasteiger partial charge in [0, 0.05) is 25.0 Å². The molecule has 1 atom stereocenters. The molecule has 3 heteroatoms. The van der Waals surface area contributed by atoms with Crippen LogP contribution in [0.1, 0.15) is 11.6 Å². The van der Waals surface area contributed by atoms with Crippen LogP contribution in [-0.2, 0) is 0 Å². The number of aromatic nitrogens is 1. The average Bonchev–Trinajstić information content (AvgIpc) is 2.38. The quantitative estimate of drug-likeness (QED) is 0.818. The molecule has 0 amide bonds. The normalized spacial score (nSPS) is 12.1. The Bertz CT molecular complexity index is 414. The van der Waals surface area contributed by atoms with E-state index >= 15 is 0 Å². The summed E-state index contributed by atoms with van der Waals surface area (Å²) in [4.78, 5) is 4.03. The van der Waals surface area contributed by atoms with E-state index in [1.807, 2.05) is 42.5 Å².